The van der Waals surface area contributed by atoms with Crippen molar-refractivity contribution in [3.63, 3.8) is 0 Å². The second kappa shape index (κ2) is 4.22. The summed E-state index contributed by atoms with van der Waals surface area (Å²) in [5.41, 5.74) is 1.64. The van der Waals surface area contributed by atoms with Gasteiger partial charge in [-0.2, -0.15) is 0 Å². The molecule has 0 aromatic carbocycles. The zero-order chi connectivity index (χ0) is 10.4. The Hall–Kier alpha value is 0.774. The summed E-state index contributed by atoms with van der Waals surface area (Å²) in [4.78, 5) is 0. The van der Waals surface area contributed by atoms with E-state index >= 15 is 0 Å². The average molecular weight is 289 g/mol. The molecule has 0 spiro atoms. The van der Waals surface area contributed by atoms with Crippen LogP contribution in [0.4, 0.5) is 0 Å². The topological polar surface area (TPSA) is 0 Å². The molecule has 0 saturated heterocycles. The standard InChI is InChI=1S/C7H9.5CH3.2ClH.Ti/c1-2-7-5-3-4-6-7;;;;;;;;/h2-5H,6H2,1H3;5*1H3;2*1H;. The van der Waals surface area contributed by atoms with E-state index in [1.54, 1.807) is 5.57 Å². The summed E-state index contributed by atoms with van der Waals surface area (Å²) in [5.74, 6) is 0. The Morgan fingerprint density at radius 1 is 1.07 bits per heavy atom. The Bertz CT molecular complexity index is 279. The monoisotopic (exact) mass is 288 g/mol. The summed E-state index contributed by atoms with van der Waals surface area (Å²) >= 11 is -2.64. The fourth-order valence-corrected chi connectivity index (χ4v) is 4.94. The van der Waals surface area contributed by atoms with Crippen LogP contribution in [-0.2, 0) is 14.0 Å². The fraction of sp³-hybridized carbons (Fsp3) is 0.667. The number of rotatable bonds is 2. The van der Waals surface area contributed by atoms with E-state index in [-0.39, 0.29) is 24.8 Å². The van der Waals surface area contributed by atoms with Gasteiger partial charge in [0.25, 0.3) is 0 Å². The van der Waals surface area contributed by atoms with E-state index in [1.165, 1.54) is 6.42 Å². The van der Waals surface area contributed by atoms with Crippen LogP contribution in [0, 0.1) is 0 Å². The van der Waals surface area contributed by atoms with Gasteiger partial charge in [0.15, 0.2) is 0 Å². The van der Waals surface area contributed by atoms with Crippen LogP contribution in [0.15, 0.2) is 23.8 Å². The Morgan fingerprint density at radius 2 is 1.53 bits per heavy atom. The van der Waals surface area contributed by atoms with Crippen LogP contribution in [0.25, 0.3) is 0 Å². The van der Waals surface area contributed by atoms with Gasteiger partial charge >= 0.3 is 81.5 Å². The van der Waals surface area contributed by atoms with Crippen molar-refractivity contribution in [3.8, 4) is 0 Å². The van der Waals surface area contributed by atoms with E-state index in [2.05, 4.69) is 51.3 Å². The molecule has 0 radical (unpaired) electrons. The zero-order valence-electron chi connectivity index (χ0n) is 10.8. The van der Waals surface area contributed by atoms with Gasteiger partial charge in [0.2, 0.25) is 0 Å². The van der Waals surface area contributed by atoms with Crippen molar-refractivity contribution in [2.45, 2.75) is 43.7 Å². The molecule has 0 aromatic rings. The largest absolute Gasteiger partial charge is 0.147 e. The molecule has 1 aliphatic carbocycles. The Labute approximate surface area is 106 Å². The third-order valence-electron chi connectivity index (χ3n) is 3.52. The third-order valence-corrected chi connectivity index (χ3v) is 10.9. The van der Waals surface area contributed by atoms with Crippen molar-refractivity contribution in [2.75, 3.05) is 0 Å². The second-order valence-electron chi connectivity index (χ2n) is 8.54. The maximum atomic E-state index is 2.53. The van der Waals surface area contributed by atoms with Crippen molar-refractivity contribution in [1.29, 1.82) is 0 Å². The molecule has 0 nitrogen and oxygen atoms in total. The molecule has 0 heterocycles. The average Bonchev–Trinajstić information content (AvgIpc) is 2.30. The van der Waals surface area contributed by atoms with E-state index in [4.69, 9.17) is 0 Å². The van der Waals surface area contributed by atoms with Crippen LogP contribution >= 0.6 is 24.8 Å². The molecule has 1 aliphatic rings. The van der Waals surface area contributed by atoms with Crippen molar-refractivity contribution in [3.05, 3.63) is 23.8 Å². The first-order valence-electron chi connectivity index (χ1n) is 5.37. The summed E-state index contributed by atoms with van der Waals surface area (Å²) in [6, 6.07) is 0. The predicted octanol–water partition coefficient (Wildman–Crippen LogP) is 5.99. The van der Waals surface area contributed by atoms with Gasteiger partial charge in [-0.25, -0.2) is 0 Å². The molecule has 0 bridgehead atoms. The summed E-state index contributed by atoms with van der Waals surface area (Å²) < 4.78 is 0.787. The van der Waals surface area contributed by atoms with Crippen LogP contribution in [0.1, 0.15) is 13.3 Å². The minimum atomic E-state index is -2.64. The molecule has 1 rings (SSSR count). The number of halogens is 2. The molecule has 0 aliphatic heterocycles. The van der Waals surface area contributed by atoms with Gasteiger partial charge < -0.3 is 0 Å². The Morgan fingerprint density at radius 3 is 1.80 bits per heavy atom. The second-order valence-corrected chi connectivity index (χ2v) is 30.0. The van der Waals surface area contributed by atoms with Gasteiger partial charge in [-0.05, 0) is 0 Å². The molecule has 0 aromatic heterocycles. The Kier molecular flexibility index (Phi) is 5.11. The predicted molar refractivity (Wildman–Crippen MR) is 75.1 cm³/mol. The van der Waals surface area contributed by atoms with Crippen LogP contribution in [0.2, 0.25) is 30.4 Å². The first-order valence-corrected chi connectivity index (χ1v) is 14.1. The van der Waals surface area contributed by atoms with Crippen LogP contribution in [0.3, 0.4) is 0 Å². The maximum absolute atomic E-state index is 2.64. The number of allylic oxidation sites excluding steroid dienone is 4. The van der Waals surface area contributed by atoms with Gasteiger partial charge in [0.1, 0.15) is 0 Å². The molecular weight excluding hydrogens is 263 g/mol. The number of hydrogen-bond acceptors (Lipinski definition) is 0. The molecule has 1 atom stereocenters. The van der Waals surface area contributed by atoms with E-state index in [9.17, 15) is 0 Å². The Balaban J connectivity index is 0. The fourth-order valence-electron chi connectivity index (χ4n) is 1.71. The molecule has 0 saturated carbocycles. The van der Waals surface area contributed by atoms with Crippen molar-refractivity contribution < 1.29 is 14.0 Å². The minimum absolute atomic E-state index is 0. The van der Waals surface area contributed by atoms with Crippen LogP contribution in [-0.4, -0.2) is 0 Å². The number of hydrogen-bond donors (Lipinski definition) is 0. The van der Waals surface area contributed by atoms with Crippen LogP contribution < -0.4 is 0 Å². The normalized spacial score (nSPS) is 21.6. The van der Waals surface area contributed by atoms with Gasteiger partial charge in [-0.3, -0.25) is 0 Å². The van der Waals surface area contributed by atoms with E-state index in [1.807, 2.05) is 0 Å². The SMILES string of the molecule is C[CH](C1=CC=CC1)[Ti]([CH3])([CH3])([CH3])([CH3])[CH3].Cl.Cl. The van der Waals surface area contributed by atoms with E-state index in [0.717, 1.165) is 4.22 Å². The molecule has 92 valence electrons. The van der Waals surface area contributed by atoms with Gasteiger partial charge in [-0.15, -0.1) is 24.8 Å². The summed E-state index contributed by atoms with van der Waals surface area (Å²) in [6.45, 7) is 2.42. The molecular formula is C12H26Cl2Ti. The van der Waals surface area contributed by atoms with Gasteiger partial charge in [0.05, 0.1) is 0 Å². The summed E-state index contributed by atoms with van der Waals surface area (Å²) in [7, 11) is 0. The van der Waals surface area contributed by atoms with Crippen molar-refractivity contribution in [1.82, 2.24) is 0 Å². The summed E-state index contributed by atoms with van der Waals surface area (Å²) in [5, 5.41) is 12.7. The van der Waals surface area contributed by atoms with Gasteiger partial charge in [-0.1, -0.05) is 0 Å². The first-order chi connectivity index (χ1) is 5.50. The first kappa shape index (κ1) is 18.1. The zero-order valence-corrected chi connectivity index (χ0v) is 14.0. The van der Waals surface area contributed by atoms with Crippen molar-refractivity contribution >= 4 is 24.8 Å². The minimum Gasteiger partial charge on any atom is -0.147 e. The van der Waals surface area contributed by atoms with E-state index < -0.39 is 14.0 Å². The molecule has 0 amide bonds. The molecule has 0 fully saturated rings. The van der Waals surface area contributed by atoms with Crippen molar-refractivity contribution in [2.24, 2.45) is 0 Å². The summed E-state index contributed by atoms with van der Waals surface area (Å²) in [6.07, 6.45) is 7.97. The van der Waals surface area contributed by atoms with E-state index in [0.29, 0.717) is 0 Å². The molecule has 15 heavy (non-hydrogen) atoms. The van der Waals surface area contributed by atoms with Gasteiger partial charge in [0, 0.05) is 0 Å². The molecule has 3 heteroatoms. The van der Waals surface area contributed by atoms with Crippen LogP contribution in [0.5, 0.6) is 0 Å². The quantitative estimate of drug-likeness (QED) is 0.548. The molecule has 0 N–H and O–H groups in total. The third kappa shape index (κ3) is 5.09. The smallest absolute Gasteiger partial charge is 0.147 e. The molecule has 1 unspecified atom stereocenters. The maximum Gasteiger partial charge on any atom is -0.147 e.